The average molecular weight is 333 g/mol. The highest BCUT2D eigenvalue weighted by Gasteiger charge is 2.21. The highest BCUT2D eigenvalue weighted by molar-refractivity contribution is 9.10. The van der Waals surface area contributed by atoms with E-state index in [0.29, 0.717) is 11.0 Å². The molecule has 106 valence electrons. The van der Waals surface area contributed by atoms with E-state index in [1.165, 1.54) is 17.0 Å². The molecule has 4 nitrogen and oxygen atoms in total. The van der Waals surface area contributed by atoms with Gasteiger partial charge in [0.25, 0.3) is 0 Å². The lowest BCUT2D eigenvalue weighted by molar-refractivity contribution is 0.0501. The van der Waals surface area contributed by atoms with Gasteiger partial charge < -0.3 is 15.3 Å². The van der Waals surface area contributed by atoms with Gasteiger partial charge in [0.15, 0.2) is 0 Å². The van der Waals surface area contributed by atoms with E-state index in [1.54, 1.807) is 26.8 Å². The van der Waals surface area contributed by atoms with E-state index < -0.39 is 17.4 Å². The minimum Gasteiger partial charge on any atom is -0.389 e. The van der Waals surface area contributed by atoms with Crippen molar-refractivity contribution < 1.29 is 14.3 Å². The lowest BCUT2D eigenvalue weighted by Gasteiger charge is -2.28. The SMILES string of the molecule is CCN(CC(C)(C)O)C(=O)Nc1ccc(Br)cc1F. The lowest BCUT2D eigenvalue weighted by Crippen LogP contribution is -2.44. The molecule has 0 bridgehead atoms. The van der Waals surface area contributed by atoms with Crippen LogP contribution in [0.3, 0.4) is 0 Å². The summed E-state index contributed by atoms with van der Waals surface area (Å²) in [4.78, 5) is 13.4. The summed E-state index contributed by atoms with van der Waals surface area (Å²) in [6, 6.07) is 3.97. The van der Waals surface area contributed by atoms with E-state index in [0.717, 1.165) is 0 Å². The fourth-order valence-electron chi connectivity index (χ4n) is 1.58. The summed E-state index contributed by atoms with van der Waals surface area (Å²) in [7, 11) is 0. The molecule has 0 spiro atoms. The predicted molar refractivity (Wildman–Crippen MR) is 76.7 cm³/mol. The summed E-state index contributed by atoms with van der Waals surface area (Å²) in [5, 5.41) is 12.2. The van der Waals surface area contributed by atoms with Gasteiger partial charge in [-0.3, -0.25) is 0 Å². The number of urea groups is 1. The Balaban J connectivity index is 2.77. The number of nitrogens with zero attached hydrogens (tertiary/aromatic N) is 1. The van der Waals surface area contributed by atoms with Crippen molar-refractivity contribution in [1.29, 1.82) is 0 Å². The molecule has 0 aromatic heterocycles. The van der Waals surface area contributed by atoms with E-state index in [-0.39, 0.29) is 12.2 Å². The maximum Gasteiger partial charge on any atom is 0.322 e. The van der Waals surface area contributed by atoms with Crippen molar-refractivity contribution in [3.63, 3.8) is 0 Å². The third kappa shape index (κ3) is 5.16. The first-order chi connectivity index (χ1) is 8.73. The van der Waals surface area contributed by atoms with Crippen LogP contribution in [0, 0.1) is 5.82 Å². The van der Waals surface area contributed by atoms with Crippen LogP contribution < -0.4 is 5.32 Å². The number of likely N-dealkylation sites (N-methyl/N-ethyl adjacent to an activating group) is 1. The van der Waals surface area contributed by atoms with Gasteiger partial charge in [0.2, 0.25) is 0 Å². The average Bonchev–Trinajstić information content (AvgIpc) is 2.28. The summed E-state index contributed by atoms with van der Waals surface area (Å²) in [6.07, 6.45) is 0. The van der Waals surface area contributed by atoms with Crippen LogP contribution in [0.15, 0.2) is 22.7 Å². The van der Waals surface area contributed by atoms with Crippen molar-refractivity contribution in [3.8, 4) is 0 Å². The number of anilines is 1. The number of aliphatic hydroxyl groups is 1. The lowest BCUT2D eigenvalue weighted by atomic mass is 10.1. The van der Waals surface area contributed by atoms with Crippen molar-refractivity contribution in [1.82, 2.24) is 4.90 Å². The quantitative estimate of drug-likeness (QED) is 0.889. The second kappa shape index (κ2) is 6.34. The summed E-state index contributed by atoms with van der Waals surface area (Å²) in [6.45, 7) is 5.62. The number of amides is 2. The largest absolute Gasteiger partial charge is 0.389 e. The summed E-state index contributed by atoms with van der Waals surface area (Å²) < 4.78 is 14.2. The molecule has 1 aromatic carbocycles. The standard InChI is InChI=1S/C13H18BrFN2O2/c1-4-17(8-13(2,3)19)12(18)16-11-6-5-9(14)7-10(11)15/h5-7,19H,4,8H2,1-3H3,(H,16,18). The highest BCUT2D eigenvalue weighted by atomic mass is 79.9. The molecule has 0 heterocycles. The zero-order valence-electron chi connectivity index (χ0n) is 11.2. The molecule has 2 amide bonds. The molecule has 0 fully saturated rings. The van der Waals surface area contributed by atoms with E-state index in [1.807, 2.05) is 0 Å². The zero-order valence-corrected chi connectivity index (χ0v) is 12.8. The van der Waals surface area contributed by atoms with Crippen molar-refractivity contribution in [2.24, 2.45) is 0 Å². The third-order valence-electron chi connectivity index (χ3n) is 2.42. The Morgan fingerprint density at radius 1 is 1.53 bits per heavy atom. The van der Waals surface area contributed by atoms with Gasteiger partial charge in [0, 0.05) is 11.0 Å². The van der Waals surface area contributed by atoms with Crippen molar-refractivity contribution in [3.05, 3.63) is 28.5 Å². The Morgan fingerprint density at radius 3 is 2.63 bits per heavy atom. The first-order valence-electron chi connectivity index (χ1n) is 5.96. The van der Waals surface area contributed by atoms with Gasteiger partial charge in [-0.15, -0.1) is 0 Å². The van der Waals surface area contributed by atoms with Crippen LogP contribution >= 0.6 is 15.9 Å². The van der Waals surface area contributed by atoms with Crippen molar-refractivity contribution in [2.45, 2.75) is 26.4 Å². The molecule has 0 aliphatic heterocycles. The van der Waals surface area contributed by atoms with E-state index >= 15 is 0 Å². The molecule has 1 aromatic rings. The maximum absolute atomic E-state index is 13.6. The first kappa shape index (κ1) is 15.9. The number of rotatable bonds is 4. The first-order valence-corrected chi connectivity index (χ1v) is 6.75. The minimum atomic E-state index is -0.994. The molecular weight excluding hydrogens is 315 g/mol. The zero-order chi connectivity index (χ0) is 14.6. The second-order valence-corrected chi connectivity index (χ2v) is 5.80. The number of halogens is 2. The number of hydrogen-bond acceptors (Lipinski definition) is 2. The smallest absolute Gasteiger partial charge is 0.322 e. The number of carbonyl (C=O) groups excluding carboxylic acids is 1. The van der Waals surface area contributed by atoms with Gasteiger partial charge in [0.1, 0.15) is 5.82 Å². The fourth-order valence-corrected chi connectivity index (χ4v) is 1.91. The van der Waals surface area contributed by atoms with Crippen LogP contribution in [0.1, 0.15) is 20.8 Å². The fraction of sp³-hybridized carbons (Fsp3) is 0.462. The van der Waals surface area contributed by atoms with Crippen LogP contribution in [-0.4, -0.2) is 34.7 Å². The second-order valence-electron chi connectivity index (χ2n) is 4.88. The summed E-state index contributed by atoms with van der Waals surface area (Å²) >= 11 is 3.15. The molecule has 0 saturated carbocycles. The molecule has 0 aliphatic rings. The minimum absolute atomic E-state index is 0.113. The molecule has 1 rings (SSSR count). The highest BCUT2D eigenvalue weighted by Crippen LogP contribution is 2.20. The molecule has 0 aliphatic carbocycles. The Morgan fingerprint density at radius 2 is 2.16 bits per heavy atom. The molecule has 6 heteroatoms. The Labute approximate surface area is 120 Å². The molecule has 19 heavy (non-hydrogen) atoms. The van der Waals surface area contributed by atoms with Crippen LogP contribution in [0.2, 0.25) is 0 Å². The summed E-state index contributed by atoms with van der Waals surface area (Å²) in [5.74, 6) is -0.512. The van der Waals surface area contributed by atoms with Gasteiger partial charge in [-0.1, -0.05) is 15.9 Å². The Kier molecular flexibility index (Phi) is 5.31. The van der Waals surface area contributed by atoms with E-state index in [9.17, 15) is 14.3 Å². The molecule has 2 N–H and O–H groups in total. The van der Waals surface area contributed by atoms with Crippen molar-refractivity contribution in [2.75, 3.05) is 18.4 Å². The Hall–Kier alpha value is -1.14. The van der Waals surface area contributed by atoms with Gasteiger partial charge in [-0.05, 0) is 39.0 Å². The van der Waals surface area contributed by atoms with Crippen LogP contribution in [-0.2, 0) is 0 Å². The molecule has 0 atom stereocenters. The number of hydrogen-bond donors (Lipinski definition) is 2. The van der Waals surface area contributed by atoms with Crippen molar-refractivity contribution >= 4 is 27.6 Å². The summed E-state index contributed by atoms with van der Waals surface area (Å²) in [5.41, 5.74) is -0.881. The topological polar surface area (TPSA) is 52.6 Å². The molecular formula is C13H18BrFN2O2. The molecule has 0 unspecified atom stereocenters. The van der Waals surface area contributed by atoms with Crippen LogP contribution in [0.5, 0.6) is 0 Å². The Bertz CT molecular complexity index is 460. The number of nitrogens with one attached hydrogen (secondary N) is 1. The van der Waals surface area contributed by atoms with E-state index in [4.69, 9.17) is 0 Å². The van der Waals surface area contributed by atoms with Gasteiger partial charge in [-0.2, -0.15) is 0 Å². The normalized spacial score (nSPS) is 11.3. The third-order valence-corrected chi connectivity index (χ3v) is 2.91. The van der Waals surface area contributed by atoms with Gasteiger partial charge in [-0.25, -0.2) is 9.18 Å². The molecule has 0 radical (unpaired) electrons. The number of carbonyl (C=O) groups is 1. The maximum atomic E-state index is 13.6. The van der Waals surface area contributed by atoms with Crippen LogP contribution in [0.25, 0.3) is 0 Å². The monoisotopic (exact) mass is 332 g/mol. The van der Waals surface area contributed by atoms with E-state index in [2.05, 4.69) is 21.2 Å². The van der Waals surface area contributed by atoms with Crippen LogP contribution in [0.4, 0.5) is 14.9 Å². The van der Waals surface area contributed by atoms with Gasteiger partial charge in [0.05, 0.1) is 17.8 Å². The predicted octanol–water partition coefficient (Wildman–Crippen LogP) is 3.21. The number of benzene rings is 1. The van der Waals surface area contributed by atoms with Gasteiger partial charge >= 0.3 is 6.03 Å². The molecule has 0 saturated heterocycles.